The molecule has 2 rings (SSSR count). The Morgan fingerprint density at radius 1 is 1.18 bits per heavy atom. The first kappa shape index (κ1) is 14.0. The van der Waals surface area contributed by atoms with Crippen LogP contribution in [-0.4, -0.2) is 37.6 Å². The molecule has 0 N–H and O–H groups in total. The Labute approximate surface area is 106 Å². The zero-order valence-corrected chi connectivity index (χ0v) is 11.9. The van der Waals surface area contributed by atoms with Crippen LogP contribution in [0.1, 0.15) is 26.3 Å². The number of hydrogen-bond acceptors (Lipinski definition) is 2. The van der Waals surface area contributed by atoms with E-state index in [1.807, 2.05) is 13.8 Å². The second-order valence-electron chi connectivity index (χ2n) is 4.64. The van der Waals surface area contributed by atoms with Crippen molar-refractivity contribution in [1.82, 2.24) is 4.90 Å². The van der Waals surface area contributed by atoms with E-state index in [1.54, 1.807) is 0 Å². The highest BCUT2D eigenvalue weighted by Gasteiger charge is 2.21. The molecule has 17 heavy (non-hydrogen) atoms. The molecule has 0 bridgehead atoms. The van der Waals surface area contributed by atoms with Crippen LogP contribution in [0.4, 0.5) is 5.69 Å². The van der Waals surface area contributed by atoms with Gasteiger partial charge in [0.05, 0.1) is 0 Å². The summed E-state index contributed by atoms with van der Waals surface area (Å²) in [7, 11) is 2.20. The summed E-state index contributed by atoms with van der Waals surface area (Å²) in [5.41, 5.74) is 2.72. The average molecular weight is 234 g/mol. The molecule has 0 radical (unpaired) electrons. The summed E-state index contributed by atoms with van der Waals surface area (Å²) < 4.78 is 0. The van der Waals surface area contributed by atoms with Crippen molar-refractivity contribution in [2.24, 2.45) is 0 Å². The first-order chi connectivity index (χ1) is 8.16. The quantitative estimate of drug-likeness (QED) is 0.736. The van der Waals surface area contributed by atoms with Gasteiger partial charge in [-0.25, -0.2) is 0 Å². The van der Waals surface area contributed by atoms with Crippen LogP contribution in [0.3, 0.4) is 0 Å². The van der Waals surface area contributed by atoms with Gasteiger partial charge < -0.3 is 9.80 Å². The second kappa shape index (κ2) is 6.65. The molecular weight excluding hydrogens is 208 g/mol. The summed E-state index contributed by atoms with van der Waals surface area (Å²) in [4.78, 5) is 4.91. The maximum absolute atomic E-state index is 2.51. The van der Waals surface area contributed by atoms with Gasteiger partial charge in [0.15, 0.2) is 0 Å². The summed E-state index contributed by atoms with van der Waals surface area (Å²) in [5.74, 6) is 0. The monoisotopic (exact) mass is 234 g/mol. The molecule has 1 aliphatic rings. The van der Waals surface area contributed by atoms with Crippen LogP contribution in [0.5, 0.6) is 0 Å². The molecular formula is C15H26N2. The van der Waals surface area contributed by atoms with Gasteiger partial charge >= 0.3 is 0 Å². The van der Waals surface area contributed by atoms with Gasteiger partial charge in [-0.3, -0.25) is 0 Å². The van der Waals surface area contributed by atoms with Crippen LogP contribution < -0.4 is 4.90 Å². The highest BCUT2D eigenvalue weighted by molar-refractivity contribution is 5.49. The zero-order valence-electron chi connectivity index (χ0n) is 11.9. The zero-order chi connectivity index (χ0) is 12.8. The number of rotatable bonds is 1. The summed E-state index contributed by atoms with van der Waals surface area (Å²) >= 11 is 0. The van der Waals surface area contributed by atoms with Crippen molar-refractivity contribution in [3.63, 3.8) is 0 Å². The fourth-order valence-electron chi connectivity index (χ4n) is 2.33. The Hall–Kier alpha value is -1.02. The molecule has 1 heterocycles. The minimum atomic E-state index is 0.616. The number of likely N-dealkylation sites (N-methyl/N-ethyl adjacent to an activating group) is 1. The maximum atomic E-state index is 2.51. The molecule has 0 saturated carbocycles. The Kier molecular flexibility index (Phi) is 5.49. The summed E-state index contributed by atoms with van der Waals surface area (Å²) in [6, 6.07) is 9.42. The van der Waals surface area contributed by atoms with E-state index < -0.39 is 0 Å². The van der Waals surface area contributed by atoms with Gasteiger partial charge in [-0.05, 0) is 38.6 Å². The molecule has 96 valence electrons. The predicted molar refractivity (Wildman–Crippen MR) is 76.8 cm³/mol. The topological polar surface area (TPSA) is 6.48 Å². The van der Waals surface area contributed by atoms with Crippen LogP contribution in [0.15, 0.2) is 24.3 Å². The van der Waals surface area contributed by atoms with Gasteiger partial charge in [0.2, 0.25) is 0 Å². The third kappa shape index (κ3) is 3.74. The van der Waals surface area contributed by atoms with Gasteiger partial charge in [-0.1, -0.05) is 26.0 Å². The van der Waals surface area contributed by atoms with E-state index in [-0.39, 0.29) is 0 Å². The maximum Gasteiger partial charge on any atom is 0.0389 e. The van der Waals surface area contributed by atoms with Crippen LogP contribution >= 0.6 is 0 Å². The van der Waals surface area contributed by atoms with Crippen LogP contribution in [0, 0.1) is 6.92 Å². The summed E-state index contributed by atoms with van der Waals surface area (Å²) in [6.07, 6.45) is 0. The lowest BCUT2D eigenvalue weighted by molar-refractivity contribution is 0.275. The lowest BCUT2D eigenvalue weighted by atomic mass is 10.1. The minimum absolute atomic E-state index is 0.616. The Balaban J connectivity index is 0.000000686. The smallest absolute Gasteiger partial charge is 0.0389 e. The molecule has 0 aromatic heterocycles. The first-order valence-electron chi connectivity index (χ1n) is 6.68. The molecule has 2 nitrogen and oxygen atoms in total. The van der Waals surface area contributed by atoms with Crippen molar-refractivity contribution in [2.75, 3.05) is 31.6 Å². The lowest BCUT2D eigenvalue weighted by Gasteiger charge is -2.39. The second-order valence-corrected chi connectivity index (χ2v) is 4.64. The van der Waals surface area contributed by atoms with Crippen molar-refractivity contribution >= 4 is 5.69 Å². The standard InChI is InChI=1S/C13H20N2.C2H6/c1-11-5-4-6-13(9-11)15-8-7-14(3)10-12(15)2;1-2/h4-6,9,12H,7-8,10H2,1-3H3;1-2H3. The molecule has 1 saturated heterocycles. The van der Waals surface area contributed by atoms with E-state index >= 15 is 0 Å². The molecule has 2 heteroatoms. The average Bonchev–Trinajstić information content (AvgIpc) is 2.31. The van der Waals surface area contributed by atoms with Crippen LogP contribution in [0.25, 0.3) is 0 Å². The molecule has 1 aromatic rings. The third-order valence-corrected chi connectivity index (χ3v) is 3.16. The van der Waals surface area contributed by atoms with Crippen molar-refractivity contribution in [2.45, 2.75) is 33.7 Å². The van der Waals surface area contributed by atoms with Crippen LogP contribution in [-0.2, 0) is 0 Å². The first-order valence-corrected chi connectivity index (χ1v) is 6.68. The number of hydrogen-bond donors (Lipinski definition) is 0. The molecule has 1 aliphatic heterocycles. The van der Waals surface area contributed by atoms with Crippen molar-refractivity contribution in [3.05, 3.63) is 29.8 Å². The SMILES string of the molecule is CC.Cc1cccc(N2CCN(C)CC2C)c1. The minimum Gasteiger partial charge on any atom is -0.366 e. The predicted octanol–water partition coefficient (Wildman–Crippen LogP) is 3.16. The van der Waals surface area contributed by atoms with Gasteiger partial charge in [-0.2, -0.15) is 0 Å². The Morgan fingerprint density at radius 2 is 1.88 bits per heavy atom. The molecule has 1 aromatic carbocycles. The van der Waals surface area contributed by atoms with E-state index in [9.17, 15) is 0 Å². The molecule has 0 amide bonds. The molecule has 1 fully saturated rings. The number of piperazine rings is 1. The molecule has 0 spiro atoms. The largest absolute Gasteiger partial charge is 0.366 e. The highest BCUT2D eigenvalue weighted by atomic mass is 15.3. The number of anilines is 1. The summed E-state index contributed by atoms with van der Waals surface area (Å²) in [5, 5.41) is 0. The molecule has 0 aliphatic carbocycles. The van der Waals surface area contributed by atoms with E-state index in [0.717, 1.165) is 19.6 Å². The van der Waals surface area contributed by atoms with E-state index in [4.69, 9.17) is 0 Å². The van der Waals surface area contributed by atoms with Gasteiger partial charge in [0.25, 0.3) is 0 Å². The van der Waals surface area contributed by atoms with Gasteiger partial charge in [-0.15, -0.1) is 0 Å². The normalized spacial score (nSPS) is 20.8. The summed E-state index contributed by atoms with van der Waals surface area (Å²) in [6.45, 7) is 11.9. The highest BCUT2D eigenvalue weighted by Crippen LogP contribution is 2.20. The fraction of sp³-hybridized carbons (Fsp3) is 0.600. The van der Waals surface area contributed by atoms with Crippen molar-refractivity contribution in [3.8, 4) is 0 Å². The Morgan fingerprint density at radius 3 is 2.47 bits per heavy atom. The number of benzene rings is 1. The van der Waals surface area contributed by atoms with E-state index in [2.05, 4.69) is 55.0 Å². The van der Waals surface area contributed by atoms with Crippen molar-refractivity contribution in [1.29, 1.82) is 0 Å². The number of aryl methyl sites for hydroxylation is 1. The lowest BCUT2D eigenvalue weighted by Crippen LogP contribution is -2.50. The fourth-order valence-corrected chi connectivity index (χ4v) is 2.33. The van der Waals surface area contributed by atoms with E-state index in [1.165, 1.54) is 11.3 Å². The molecule has 1 atom stereocenters. The Bertz CT molecular complexity index is 335. The van der Waals surface area contributed by atoms with E-state index in [0.29, 0.717) is 6.04 Å². The number of nitrogens with zero attached hydrogens (tertiary/aromatic N) is 2. The van der Waals surface area contributed by atoms with Gasteiger partial charge in [0.1, 0.15) is 0 Å². The van der Waals surface area contributed by atoms with Gasteiger partial charge in [0, 0.05) is 31.4 Å². The third-order valence-electron chi connectivity index (χ3n) is 3.16. The van der Waals surface area contributed by atoms with Crippen LogP contribution in [0.2, 0.25) is 0 Å². The molecule has 1 unspecified atom stereocenters. The van der Waals surface area contributed by atoms with Crippen molar-refractivity contribution < 1.29 is 0 Å².